The van der Waals surface area contributed by atoms with Gasteiger partial charge in [0.2, 0.25) is 0 Å². The minimum Gasteiger partial charge on any atom is -0.491 e. The van der Waals surface area contributed by atoms with Gasteiger partial charge in [-0.05, 0) is 55.5 Å². The van der Waals surface area contributed by atoms with Gasteiger partial charge in [-0.15, -0.1) is 0 Å². The fraction of sp³-hybridized carbons (Fsp3) is 0.172. The molecule has 39 heavy (non-hydrogen) atoms. The van der Waals surface area contributed by atoms with Crippen LogP contribution in [0.4, 0.5) is 10.1 Å². The highest BCUT2D eigenvalue weighted by molar-refractivity contribution is 5.91. The number of nitrogens with one attached hydrogen (secondary N) is 2. The van der Waals surface area contributed by atoms with E-state index < -0.39 is 11.8 Å². The van der Waals surface area contributed by atoms with E-state index >= 15 is 0 Å². The zero-order valence-electron chi connectivity index (χ0n) is 21.5. The number of ether oxygens (including phenoxy) is 2. The first-order valence-corrected chi connectivity index (χ1v) is 12.3. The van der Waals surface area contributed by atoms with Gasteiger partial charge in [0.05, 0.1) is 48.0 Å². The maximum absolute atomic E-state index is 14.1. The van der Waals surface area contributed by atoms with E-state index in [-0.39, 0.29) is 12.1 Å². The molecule has 10 heteroatoms. The Morgan fingerprint density at radius 2 is 1.97 bits per heavy atom. The van der Waals surface area contributed by atoms with Crippen molar-refractivity contribution in [3.63, 3.8) is 0 Å². The summed E-state index contributed by atoms with van der Waals surface area (Å²) in [6, 6.07) is 17.8. The van der Waals surface area contributed by atoms with E-state index in [1.165, 1.54) is 19.2 Å². The van der Waals surface area contributed by atoms with E-state index in [1.807, 2.05) is 49.4 Å². The first-order valence-electron chi connectivity index (χ1n) is 12.3. The summed E-state index contributed by atoms with van der Waals surface area (Å²) in [6.07, 6.45) is 1.68. The molecular formula is C29H27FN6O3. The first kappa shape index (κ1) is 25.8. The van der Waals surface area contributed by atoms with Crippen molar-refractivity contribution in [2.24, 2.45) is 5.73 Å². The number of nitrogens with zero attached hydrogens (tertiary/aromatic N) is 3. The standard InChI is InChI=1S/C29H27FN6O3/c1-17-4-3-5-25(34-17)28-27(18-6-9-24-19(12-18)13-21(15-33-24)39-11-10-31)35-26(36-28)16-32-20-7-8-23(30)22(14-20)29(37)38-2/h3-9,12-15,32H,10-11,16,31H2,1-2H3,(H,35,36). The van der Waals surface area contributed by atoms with Gasteiger partial charge in [0.25, 0.3) is 0 Å². The number of benzene rings is 2. The molecule has 2 aromatic carbocycles. The lowest BCUT2D eigenvalue weighted by molar-refractivity contribution is 0.0595. The number of hydrogen-bond acceptors (Lipinski definition) is 8. The molecule has 0 saturated carbocycles. The SMILES string of the molecule is COC(=O)c1cc(NCc2nc(-c3ccc4ncc(OCCN)cc4c3)c(-c3cccc(C)n3)[nH]2)ccc1F. The Morgan fingerprint density at radius 1 is 1.10 bits per heavy atom. The largest absolute Gasteiger partial charge is 0.491 e. The molecule has 0 fully saturated rings. The maximum atomic E-state index is 14.1. The maximum Gasteiger partial charge on any atom is 0.340 e. The highest BCUT2D eigenvalue weighted by atomic mass is 19.1. The molecule has 0 atom stereocenters. The molecule has 0 amide bonds. The topological polar surface area (TPSA) is 128 Å². The number of aromatic amines is 1. The summed E-state index contributed by atoms with van der Waals surface area (Å²) in [7, 11) is 1.21. The number of esters is 1. The van der Waals surface area contributed by atoms with Crippen molar-refractivity contribution >= 4 is 22.6 Å². The molecule has 0 aliphatic heterocycles. The Bertz CT molecular complexity index is 1650. The van der Waals surface area contributed by atoms with Crippen LogP contribution >= 0.6 is 0 Å². The van der Waals surface area contributed by atoms with Crippen molar-refractivity contribution in [2.75, 3.05) is 25.6 Å². The van der Waals surface area contributed by atoms with Crippen LogP contribution in [0.5, 0.6) is 5.75 Å². The second-order valence-corrected chi connectivity index (χ2v) is 8.83. The molecule has 0 spiro atoms. The molecule has 3 heterocycles. The quantitative estimate of drug-likeness (QED) is 0.232. The van der Waals surface area contributed by atoms with Gasteiger partial charge in [0, 0.05) is 28.9 Å². The summed E-state index contributed by atoms with van der Waals surface area (Å²) in [5.41, 5.74) is 10.8. The van der Waals surface area contributed by atoms with Crippen LogP contribution in [-0.2, 0) is 11.3 Å². The van der Waals surface area contributed by atoms with Crippen molar-refractivity contribution in [3.8, 4) is 28.4 Å². The number of hydrogen-bond donors (Lipinski definition) is 3. The molecule has 0 radical (unpaired) electrons. The van der Waals surface area contributed by atoms with Crippen LogP contribution in [0.15, 0.2) is 66.9 Å². The Kier molecular flexibility index (Phi) is 7.46. The van der Waals surface area contributed by atoms with Crippen LogP contribution in [-0.4, -0.2) is 46.2 Å². The van der Waals surface area contributed by atoms with Gasteiger partial charge >= 0.3 is 5.97 Å². The number of H-pyrrole nitrogens is 1. The van der Waals surface area contributed by atoms with Gasteiger partial charge in [-0.1, -0.05) is 12.1 Å². The number of pyridine rings is 2. The van der Waals surface area contributed by atoms with E-state index in [4.69, 9.17) is 20.4 Å². The monoisotopic (exact) mass is 526 g/mol. The van der Waals surface area contributed by atoms with Crippen LogP contribution in [0, 0.1) is 12.7 Å². The lowest BCUT2D eigenvalue weighted by Gasteiger charge is -2.07. The van der Waals surface area contributed by atoms with Crippen molar-refractivity contribution in [1.82, 2.24) is 19.9 Å². The third-order valence-corrected chi connectivity index (χ3v) is 6.05. The Hall–Kier alpha value is -4.83. The smallest absolute Gasteiger partial charge is 0.340 e. The minimum absolute atomic E-state index is 0.146. The minimum atomic E-state index is -0.744. The molecule has 9 nitrogen and oxygen atoms in total. The molecule has 0 aliphatic carbocycles. The van der Waals surface area contributed by atoms with Gasteiger partial charge in [-0.3, -0.25) is 9.97 Å². The molecule has 198 valence electrons. The lowest BCUT2D eigenvalue weighted by Crippen LogP contribution is -2.10. The fourth-order valence-corrected chi connectivity index (χ4v) is 4.18. The Balaban J connectivity index is 1.50. The molecule has 4 N–H and O–H groups in total. The third-order valence-electron chi connectivity index (χ3n) is 6.05. The summed E-state index contributed by atoms with van der Waals surface area (Å²) in [6.45, 7) is 3.04. The summed E-state index contributed by atoms with van der Waals surface area (Å²) >= 11 is 0. The van der Waals surface area contributed by atoms with Crippen LogP contribution in [0.3, 0.4) is 0 Å². The third kappa shape index (κ3) is 5.70. The van der Waals surface area contributed by atoms with Crippen LogP contribution < -0.4 is 15.8 Å². The van der Waals surface area contributed by atoms with E-state index in [1.54, 1.807) is 12.3 Å². The predicted octanol–water partition coefficient (Wildman–Crippen LogP) is 4.87. The normalized spacial score (nSPS) is 11.0. The van der Waals surface area contributed by atoms with E-state index in [0.717, 1.165) is 39.2 Å². The van der Waals surface area contributed by atoms with Crippen LogP contribution in [0.1, 0.15) is 21.9 Å². The molecule has 5 aromatic rings. The van der Waals surface area contributed by atoms with E-state index in [9.17, 15) is 9.18 Å². The number of nitrogens with two attached hydrogens (primary N) is 1. The van der Waals surface area contributed by atoms with E-state index in [0.29, 0.717) is 30.4 Å². The number of imidazole rings is 1. The van der Waals surface area contributed by atoms with Crippen molar-refractivity contribution < 1.29 is 18.7 Å². The van der Waals surface area contributed by atoms with Gasteiger partial charge in [-0.25, -0.2) is 14.2 Å². The summed E-state index contributed by atoms with van der Waals surface area (Å²) < 4.78 is 24.4. The molecular weight excluding hydrogens is 499 g/mol. The second-order valence-electron chi connectivity index (χ2n) is 8.83. The Morgan fingerprint density at radius 3 is 2.77 bits per heavy atom. The first-order chi connectivity index (χ1) is 18.9. The highest BCUT2D eigenvalue weighted by Crippen LogP contribution is 2.32. The number of anilines is 1. The number of aromatic nitrogens is 4. The number of aryl methyl sites for hydroxylation is 1. The van der Waals surface area contributed by atoms with E-state index in [2.05, 4.69) is 20.0 Å². The van der Waals surface area contributed by atoms with Crippen molar-refractivity contribution in [1.29, 1.82) is 0 Å². The fourth-order valence-electron chi connectivity index (χ4n) is 4.18. The van der Waals surface area contributed by atoms with Gasteiger partial charge < -0.3 is 25.5 Å². The summed E-state index contributed by atoms with van der Waals surface area (Å²) in [5, 5.41) is 4.09. The second kappa shape index (κ2) is 11.3. The summed E-state index contributed by atoms with van der Waals surface area (Å²) in [4.78, 5) is 29.3. The average Bonchev–Trinajstić information content (AvgIpc) is 3.39. The number of carbonyl (C=O) groups excluding carboxylic acids is 1. The molecule has 0 bridgehead atoms. The zero-order chi connectivity index (χ0) is 27.4. The molecule has 3 aromatic heterocycles. The molecule has 0 aliphatic rings. The van der Waals surface area contributed by atoms with Crippen LogP contribution in [0.25, 0.3) is 33.5 Å². The molecule has 5 rings (SSSR count). The number of carbonyl (C=O) groups is 1. The lowest BCUT2D eigenvalue weighted by atomic mass is 10.1. The number of rotatable bonds is 9. The Labute approximate surface area is 224 Å². The number of halogens is 1. The van der Waals surface area contributed by atoms with Crippen molar-refractivity contribution in [2.45, 2.75) is 13.5 Å². The number of fused-ring (bicyclic) bond motifs is 1. The van der Waals surface area contributed by atoms with Gasteiger partial charge in [0.15, 0.2) is 0 Å². The molecule has 0 unspecified atom stereocenters. The molecule has 0 saturated heterocycles. The van der Waals surface area contributed by atoms with Gasteiger partial charge in [0.1, 0.15) is 24.0 Å². The number of methoxy groups -OCH3 is 1. The summed E-state index contributed by atoms with van der Waals surface area (Å²) in [5.74, 6) is -0.122. The average molecular weight is 527 g/mol. The van der Waals surface area contributed by atoms with Crippen molar-refractivity contribution in [3.05, 3.63) is 89.8 Å². The van der Waals surface area contributed by atoms with Gasteiger partial charge in [-0.2, -0.15) is 0 Å². The highest BCUT2D eigenvalue weighted by Gasteiger charge is 2.17. The zero-order valence-corrected chi connectivity index (χ0v) is 21.5. The predicted molar refractivity (Wildman–Crippen MR) is 147 cm³/mol. The van der Waals surface area contributed by atoms with Crippen LogP contribution in [0.2, 0.25) is 0 Å².